The zero-order valence-corrected chi connectivity index (χ0v) is 10.3. The van der Waals surface area contributed by atoms with Gasteiger partial charge in [0.2, 0.25) is 0 Å². The Morgan fingerprint density at radius 2 is 1.71 bits per heavy atom. The van der Waals surface area contributed by atoms with Crippen LogP contribution in [0.3, 0.4) is 0 Å². The quantitative estimate of drug-likeness (QED) is 0.349. The Kier molecular flexibility index (Phi) is 6.09. The molecule has 1 unspecified atom stereocenters. The molecule has 0 aromatic carbocycles. The van der Waals surface area contributed by atoms with Crippen molar-refractivity contribution >= 4 is 21.4 Å². The van der Waals surface area contributed by atoms with Crippen LogP contribution in [0.15, 0.2) is 0 Å². The molecule has 3 atom stereocenters. The van der Waals surface area contributed by atoms with Crippen LogP contribution >= 0.6 is 15.6 Å². The van der Waals surface area contributed by atoms with Crippen LogP contribution in [-0.2, 0) is 22.8 Å². The molecule has 0 aliphatic rings. The smallest absolute Gasteiger partial charge is 0.388 e. The summed E-state index contributed by atoms with van der Waals surface area (Å²) in [7, 11) is -10.3. The third-order valence-corrected chi connectivity index (χ3v) is 3.55. The number of aliphatic hydroxyl groups is 2. The number of ketones is 1. The Balaban J connectivity index is 4.33. The summed E-state index contributed by atoms with van der Waals surface area (Å²) in [5.41, 5.74) is 0. The number of phosphoric ester groups is 1. The van der Waals surface area contributed by atoms with E-state index in [9.17, 15) is 13.9 Å². The van der Waals surface area contributed by atoms with Crippen LogP contribution in [-0.4, -0.2) is 49.5 Å². The van der Waals surface area contributed by atoms with Gasteiger partial charge in [-0.1, -0.05) is 0 Å². The highest BCUT2D eigenvalue weighted by Crippen LogP contribution is 2.57. The van der Waals surface area contributed by atoms with E-state index in [4.69, 9.17) is 24.9 Å². The number of carbonyl (C=O) groups excluding carboxylic acids is 1. The Morgan fingerprint density at radius 1 is 1.24 bits per heavy atom. The molecule has 0 heterocycles. The average Bonchev–Trinajstić information content (AvgIpc) is 2.09. The second-order valence-electron chi connectivity index (χ2n) is 2.96. The van der Waals surface area contributed by atoms with Crippen molar-refractivity contribution in [3.63, 3.8) is 0 Å². The van der Waals surface area contributed by atoms with Gasteiger partial charge in [0.15, 0.2) is 5.78 Å². The van der Waals surface area contributed by atoms with E-state index < -0.39 is 40.2 Å². The highest BCUT2D eigenvalue weighted by atomic mass is 31.3. The van der Waals surface area contributed by atoms with E-state index in [1.807, 2.05) is 0 Å². The van der Waals surface area contributed by atoms with Gasteiger partial charge in [0.05, 0.1) is 6.61 Å². The minimum atomic E-state index is -5.24. The lowest BCUT2D eigenvalue weighted by molar-refractivity contribution is -0.132. The van der Waals surface area contributed by atoms with E-state index in [2.05, 4.69) is 8.83 Å². The molecule has 10 nitrogen and oxygen atoms in total. The predicted molar refractivity (Wildman–Crippen MR) is 51.6 cm³/mol. The fraction of sp³-hybridized carbons (Fsp3) is 0.800. The van der Waals surface area contributed by atoms with Gasteiger partial charge in [-0.15, -0.1) is 0 Å². The number of phosphoric acid groups is 2. The van der Waals surface area contributed by atoms with Crippen LogP contribution in [0.1, 0.15) is 6.92 Å². The standard InChI is InChI=1S/C5H12O10P2/c1-3(6)5(8)4(7)2-14-17(12,13)15-16(9,10)11/h4-5,7-8H,2H2,1H3,(H,12,13)(H2,9,10,11)/t4-,5-/m1/s1. The molecule has 0 fully saturated rings. The molecule has 0 rings (SSSR count). The molecule has 17 heavy (non-hydrogen) atoms. The largest absolute Gasteiger partial charge is 0.481 e. The molecule has 0 radical (unpaired) electrons. The lowest BCUT2D eigenvalue weighted by Crippen LogP contribution is -2.35. The van der Waals surface area contributed by atoms with Gasteiger partial charge >= 0.3 is 15.6 Å². The van der Waals surface area contributed by atoms with E-state index in [1.54, 1.807) is 0 Å². The highest BCUT2D eigenvalue weighted by Gasteiger charge is 2.34. The van der Waals surface area contributed by atoms with E-state index >= 15 is 0 Å². The molecule has 12 heteroatoms. The summed E-state index contributed by atoms with van der Waals surface area (Å²) in [6.07, 6.45) is -3.67. The zero-order valence-electron chi connectivity index (χ0n) is 8.53. The van der Waals surface area contributed by atoms with Gasteiger partial charge < -0.3 is 24.9 Å². The first-order valence-corrected chi connectivity index (χ1v) is 7.08. The Hall–Kier alpha value is -0.150. The molecule has 0 amide bonds. The van der Waals surface area contributed by atoms with Gasteiger partial charge in [-0.2, -0.15) is 4.31 Å². The van der Waals surface area contributed by atoms with Crippen LogP contribution in [0.25, 0.3) is 0 Å². The van der Waals surface area contributed by atoms with Crippen molar-refractivity contribution < 1.29 is 47.7 Å². The summed E-state index contributed by atoms with van der Waals surface area (Å²) < 4.78 is 28.5. The first kappa shape index (κ1) is 16.9. The van der Waals surface area contributed by atoms with Crippen LogP contribution in [0.2, 0.25) is 0 Å². The number of Topliss-reactive ketones (excluding diaryl/α,β-unsaturated/α-hetero) is 1. The fourth-order valence-corrected chi connectivity index (χ4v) is 2.30. The summed E-state index contributed by atoms with van der Waals surface area (Å²) >= 11 is 0. The molecule has 0 aromatic heterocycles. The van der Waals surface area contributed by atoms with E-state index in [0.717, 1.165) is 6.92 Å². The Bertz CT molecular complexity index is 360. The fourth-order valence-electron chi connectivity index (χ4n) is 0.691. The van der Waals surface area contributed by atoms with Crippen LogP contribution in [0.4, 0.5) is 0 Å². The molecule has 0 aliphatic heterocycles. The Labute approximate surface area is 95.7 Å². The lowest BCUT2D eigenvalue weighted by Gasteiger charge is -2.17. The molecule has 0 bridgehead atoms. The molecule has 5 N–H and O–H groups in total. The van der Waals surface area contributed by atoms with Crippen molar-refractivity contribution in [2.75, 3.05) is 6.61 Å². The topological polar surface area (TPSA) is 171 Å². The zero-order chi connectivity index (χ0) is 13.9. The summed E-state index contributed by atoms with van der Waals surface area (Å²) in [5, 5.41) is 18.1. The number of hydrogen-bond acceptors (Lipinski definition) is 7. The number of hydrogen-bond donors (Lipinski definition) is 5. The maximum atomic E-state index is 10.9. The molecule has 0 spiro atoms. The minimum Gasteiger partial charge on any atom is -0.388 e. The first-order chi connectivity index (χ1) is 7.44. The van der Waals surface area contributed by atoms with E-state index in [1.165, 1.54) is 0 Å². The third-order valence-electron chi connectivity index (χ3n) is 1.40. The van der Waals surface area contributed by atoms with Gasteiger partial charge in [0, 0.05) is 0 Å². The van der Waals surface area contributed by atoms with Crippen molar-refractivity contribution in [3.8, 4) is 0 Å². The molecule has 0 saturated carbocycles. The maximum absolute atomic E-state index is 10.9. The number of carbonyl (C=O) groups is 1. The molecular weight excluding hydrogens is 282 g/mol. The van der Waals surface area contributed by atoms with E-state index in [-0.39, 0.29) is 0 Å². The summed E-state index contributed by atoms with van der Waals surface area (Å²) in [5.74, 6) is -0.815. The van der Waals surface area contributed by atoms with Crippen molar-refractivity contribution in [1.29, 1.82) is 0 Å². The Morgan fingerprint density at radius 3 is 2.06 bits per heavy atom. The maximum Gasteiger partial charge on any atom is 0.481 e. The summed E-state index contributed by atoms with van der Waals surface area (Å²) in [4.78, 5) is 35.8. The number of rotatable bonds is 7. The van der Waals surface area contributed by atoms with Gasteiger partial charge in [-0.25, -0.2) is 9.13 Å². The highest BCUT2D eigenvalue weighted by molar-refractivity contribution is 7.60. The second kappa shape index (κ2) is 6.14. The molecule has 102 valence electrons. The first-order valence-electron chi connectivity index (χ1n) is 4.05. The summed E-state index contributed by atoms with van der Waals surface area (Å²) in [6.45, 7) is -0.0624. The lowest BCUT2D eigenvalue weighted by atomic mass is 10.1. The van der Waals surface area contributed by atoms with Crippen molar-refractivity contribution in [2.24, 2.45) is 0 Å². The molecule has 0 saturated heterocycles. The monoisotopic (exact) mass is 294 g/mol. The third kappa shape index (κ3) is 7.72. The van der Waals surface area contributed by atoms with Crippen LogP contribution < -0.4 is 0 Å². The minimum absolute atomic E-state index is 0.815. The molecular formula is C5H12O10P2. The molecule has 0 aromatic rings. The summed E-state index contributed by atoms with van der Waals surface area (Å²) in [6, 6.07) is 0. The number of aliphatic hydroxyl groups excluding tert-OH is 2. The predicted octanol–water partition coefficient (Wildman–Crippen LogP) is -1.48. The van der Waals surface area contributed by atoms with Gasteiger partial charge in [0.25, 0.3) is 0 Å². The van der Waals surface area contributed by atoms with Crippen molar-refractivity contribution in [3.05, 3.63) is 0 Å². The average molecular weight is 294 g/mol. The van der Waals surface area contributed by atoms with E-state index in [0.29, 0.717) is 0 Å². The van der Waals surface area contributed by atoms with Gasteiger partial charge in [0.1, 0.15) is 12.2 Å². The van der Waals surface area contributed by atoms with Gasteiger partial charge in [-0.3, -0.25) is 9.32 Å². The normalized spacial score (nSPS) is 19.4. The van der Waals surface area contributed by atoms with Crippen LogP contribution in [0.5, 0.6) is 0 Å². The second-order valence-corrected chi connectivity index (χ2v) is 5.79. The van der Waals surface area contributed by atoms with Crippen molar-refractivity contribution in [1.82, 2.24) is 0 Å². The molecule has 0 aliphatic carbocycles. The SMILES string of the molecule is CC(=O)[C@@H](O)[C@H](O)COP(=O)(O)OP(=O)(O)O. The van der Waals surface area contributed by atoms with Crippen molar-refractivity contribution in [2.45, 2.75) is 19.1 Å². The van der Waals surface area contributed by atoms with Gasteiger partial charge in [-0.05, 0) is 6.92 Å². The van der Waals surface area contributed by atoms with Crippen LogP contribution in [0, 0.1) is 0 Å².